The van der Waals surface area contributed by atoms with Crippen molar-refractivity contribution in [2.75, 3.05) is 25.7 Å². The molecule has 0 aliphatic rings. The minimum absolute atomic E-state index is 0.00177. The van der Waals surface area contributed by atoms with Crippen molar-refractivity contribution < 1.29 is 28.5 Å². The maximum Gasteiger partial charge on any atom is 0.508 e. The van der Waals surface area contributed by atoms with E-state index in [4.69, 9.17) is 16.3 Å². The summed E-state index contributed by atoms with van der Waals surface area (Å²) in [5, 5.41) is 0. The lowest BCUT2D eigenvalue weighted by atomic mass is 10.4. The molecule has 0 aromatic rings. The third-order valence-corrected chi connectivity index (χ3v) is 1.69. The van der Waals surface area contributed by atoms with Gasteiger partial charge in [0.15, 0.2) is 6.10 Å². The molecule has 94 valence electrons. The summed E-state index contributed by atoms with van der Waals surface area (Å²) in [4.78, 5) is 21.7. The topological polar surface area (TPSA) is 71.1 Å². The number of alkyl halides is 1. The minimum Gasteiger partial charge on any atom is -0.435 e. The number of hydrogen-bond donors (Lipinski definition) is 0. The molecular weight excluding hydrogens is 240 g/mol. The number of carbonyl (C=O) groups is 2. The van der Waals surface area contributed by atoms with Crippen LogP contribution in [0.25, 0.3) is 0 Å². The molecule has 7 heteroatoms. The van der Waals surface area contributed by atoms with E-state index in [-0.39, 0.29) is 25.7 Å². The second kappa shape index (κ2) is 9.08. The molecule has 0 amide bonds. The van der Waals surface area contributed by atoms with Gasteiger partial charge in [-0.2, -0.15) is 0 Å². The maximum atomic E-state index is 10.9. The average molecular weight is 255 g/mol. The van der Waals surface area contributed by atoms with Crippen molar-refractivity contribution >= 4 is 23.9 Å². The largest absolute Gasteiger partial charge is 0.508 e. The van der Waals surface area contributed by atoms with Gasteiger partial charge in [0.2, 0.25) is 0 Å². The van der Waals surface area contributed by atoms with Crippen molar-refractivity contribution in [1.29, 1.82) is 0 Å². The van der Waals surface area contributed by atoms with Gasteiger partial charge in [-0.1, -0.05) is 0 Å². The van der Waals surface area contributed by atoms with Gasteiger partial charge < -0.3 is 18.9 Å². The van der Waals surface area contributed by atoms with Gasteiger partial charge in [-0.3, -0.25) is 0 Å². The quantitative estimate of drug-likeness (QED) is 0.533. The highest BCUT2D eigenvalue weighted by molar-refractivity contribution is 6.18. The highest BCUT2D eigenvalue weighted by Gasteiger charge is 2.16. The van der Waals surface area contributed by atoms with Crippen LogP contribution in [0, 0.1) is 0 Å². The van der Waals surface area contributed by atoms with E-state index in [1.54, 1.807) is 13.8 Å². The van der Waals surface area contributed by atoms with Crippen molar-refractivity contribution in [3.05, 3.63) is 0 Å². The zero-order valence-electron chi connectivity index (χ0n) is 9.23. The predicted octanol–water partition coefficient (Wildman–Crippen LogP) is 1.94. The van der Waals surface area contributed by atoms with Gasteiger partial charge in [0.25, 0.3) is 0 Å². The highest BCUT2D eigenvalue weighted by Crippen LogP contribution is 2.00. The number of halogens is 1. The number of hydrogen-bond acceptors (Lipinski definition) is 6. The number of rotatable bonds is 6. The monoisotopic (exact) mass is 254 g/mol. The molecular formula is C9H15ClO6. The van der Waals surface area contributed by atoms with Crippen molar-refractivity contribution in [2.45, 2.75) is 20.0 Å². The van der Waals surface area contributed by atoms with E-state index in [1.165, 1.54) is 0 Å². The molecule has 0 radical (unpaired) electrons. The van der Waals surface area contributed by atoms with Crippen LogP contribution in [-0.2, 0) is 18.9 Å². The molecule has 0 aromatic carbocycles. The summed E-state index contributed by atoms with van der Waals surface area (Å²) >= 11 is 5.51. The lowest BCUT2D eigenvalue weighted by molar-refractivity contribution is -0.00731. The maximum absolute atomic E-state index is 10.9. The SMILES string of the molecule is CCOC(=O)OCC(CCl)OC(=O)OCC. The molecule has 1 atom stereocenters. The first-order valence-electron chi connectivity index (χ1n) is 4.82. The Bertz CT molecular complexity index is 220. The summed E-state index contributed by atoms with van der Waals surface area (Å²) in [6.45, 7) is 3.54. The Morgan fingerprint density at radius 2 is 1.62 bits per heavy atom. The molecule has 0 fully saturated rings. The van der Waals surface area contributed by atoms with Crippen molar-refractivity contribution in [2.24, 2.45) is 0 Å². The van der Waals surface area contributed by atoms with E-state index in [0.29, 0.717) is 0 Å². The first-order valence-corrected chi connectivity index (χ1v) is 5.36. The smallest absolute Gasteiger partial charge is 0.435 e. The van der Waals surface area contributed by atoms with Gasteiger partial charge in [0.1, 0.15) is 6.61 Å². The van der Waals surface area contributed by atoms with Gasteiger partial charge in [-0.05, 0) is 13.8 Å². The Morgan fingerprint density at radius 1 is 1.06 bits per heavy atom. The molecule has 0 bridgehead atoms. The van der Waals surface area contributed by atoms with Crippen LogP contribution in [0.4, 0.5) is 9.59 Å². The van der Waals surface area contributed by atoms with E-state index in [1.807, 2.05) is 0 Å². The molecule has 16 heavy (non-hydrogen) atoms. The van der Waals surface area contributed by atoms with Crippen LogP contribution in [0.2, 0.25) is 0 Å². The fourth-order valence-electron chi connectivity index (χ4n) is 0.719. The van der Waals surface area contributed by atoms with E-state index >= 15 is 0 Å². The molecule has 0 spiro atoms. The molecule has 0 aliphatic heterocycles. The molecule has 0 saturated carbocycles. The second-order valence-electron chi connectivity index (χ2n) is 2.57. The standard InChI is InChI=1S/C9H15ClO6/c1-3-13-8(11)15-6-7(5-10)16-9(12)14-4-2/h7H,3-6H2,1-2H3. The summed E-state index contributed by atoms with van der Waals surface area (Å²) in [7, 11) is 0. The van der Waals surface area contributed by atoms with Crippen LogP contribution < -0.4 is 0 Å². The van der Waals surface area contributed by atoms with Crippen LogP contribution in [0.15, 0.2) is 0 Å². The summed E-state index contributed by atoms with van der Waals surface area (Å²) in [5.74, 6) is -0.00177. The molecule has 0 aromatic heterocycles. The van der Waals surface area contributed by atoms with E-state index < -0.39 is 18.4 Å². The minimum atomic E-state index is -0.847. The number of ether oxygens (including phenoxy) is 4. The molecule has 0 N–H and O–H groups in total. The third kappa shape index (κ3) is 7.17. The highest BCUT2D eigenvalue weighted by atomic mass is 35.5. The Labute approximate surface area is 98.7 Å². The van der Waals surface area contributed by atoms with E-state index in [0.717, 1.165) is 0 Å². The summed E-state index contributed by atoms with van der Waals surface area (Å²) in [6, 6.07) is 0. The average Bonchev–Trinajstić information content (AvgIpc) is 2.25. The van der Waals surface area contributed by atoms with Gasteiger partial charge in [0.05, 0.1) is 19.1 Å². The lowest BCUT2D eigenvalue weighted by Crippen LogP contribution is -2.27. The third-order valence-electron chi connectivity index (χ3n) is 1.35. The molecule has 0 heterocycles. The molecule has 6 nitrogen and oxygen atoms in total. The normalized spacial score (nSPS) is 11.4. The fraction of sp³-hybridized carbons (Fsp3) is 0.778. The van der Waals surface area contributed by atoms with Crippen molar-refractivity contribution in [3.8, 4) is 0 Å². The Hall–Kier alpha value is -1.17. The summed E-state index contributed by atoms with van der Waals surface area (Å²) < 4.78 is 18.4. The Kier molecular flexibility index (Phi) is 8.42. The fourth-order valence-corrected chi connectivity index (χ4v) is 0.871. The molecule has 0 saturated heterocycles. The summed E-state index contributed by atoms with van der Waals surface area (Å²) in [5.41, 5.74) is 0. The Balaban J connectivity index is 3.82. The predicted molar refractivity (Wildman–Crippen MR) is 55.6 cm³/mol. The molecule has 1 unspecified atom stereocenters. The Morgan fingerprint density at radius 3 is 2.12 bits per heavy atom. The van der Waals surface area contributed by atoms with Crippen LogP contribution in [-0.4, -0.2) is 44.1 Å². The van der Waals surface area contributed by atoms with Crippen molar-refractivity contribution in [1.82, 2.24) is 0 Å². The zero-order valence-corrected chi connectivity index (χ0v) is 9.99. The summed E-state index contributed by atoms with van der Waals surface area (Å²) in [6.07, 6.45) is -2.42. The molecule has 0 rings (SSSR count). The van der Waals surface area contributed by atoms with Crippen LogP contribution >= 0.6 is 11.6 Å². The van der Waals surface area contributed by atoms with E-state index in [2.05, 4.69) is 14.2 Å². The lowest BCUT2D eigenvalue weighted by Gasteiger charge is -2.14. The molecule has 0 aliphatic carbocycles. The van der Waals surface area contributed by atoms with E-state index in [9.17, 15) is 9.59 Å². The first kappa shape index (κ1) is 14.8. The zero-order chi connectivity index (χ0) is 12.4. The van der Waals surface area contributed by atoms with Gasteiger partial charge in [0, 0.05) is 0 Å². The van der Waals surface area contributed by atoms with Gasteiger partial charge in [-0.15, -0.1) is 11.6 Å². The van der Waals surface area contributed by atoms with Gasteiger partial charge in [-0.25, -0.2) is 9.59 Å². The second-order valence-corrected chi connectivity index (χ2v) is 2.88. The number of carbonyl (C=O) groups excluding carboxylic acids is 2. The van der Waals surface area contributed by atoms with Gasteiger partial charge >= 0.3 is 12.3 Å². The van der Waals surface area contributed by atoms with Crippen LogP contribution in [0.1, 0.15) is 13.8 Å². The first-order chi connectivity index (χ1) is 7.63. The van der Waals surface area contributed by atoms with Crippen LogP contribution in [0.5, 0.6) is 0 Å². The van der Waals surface area contributed by atoms with Crippen molar-refractivity contribution in [3.63, 3.8) is 0 Å². The van der Waals surface area contributed by atoms with Crippen LogP contribution in [0.3, 0.4) is 0 Å².